The summed E-state index contributed by atoms with van der Waals surface area (Å²) in [6.07, 6.45) is 5.59. The lowest BCUT2D eigenvalue weighted by Gasteiger charge is -2.09. The summed E-state index contributed by atoms with van der Waals surface area (Å²) in [5.41, 5.74) is 1.00. The number of rotatable bonds is 6. The smallest absolute Gasteiger partial charge is 0.137 e. The average Bonchev–Trinajstić information content (AvgIpc) is 2.24. The Morgan fingerprint density at radius 2 is 2.27 bits per heavy atom. The van der Waals surface area contributed by atoms with Crippen LogP contribution >= 0.6 is 23.4 Å². The molecule has 5 heteroatoms. The molecule has 0 fully saturated rings. The van der Waals surface area contributed by atoms with Crippen molar-refractivity contribution in [3.8, 4) is 0 Å². The summed E-state index contributed by atoms with van der Waals surface area (Å²) in [4.78, 5) is 8.16. The molecule has 1 rings (SSSR count). The molecule has 84 valence electrons. The third-order valence-electron chi connectivity index (χ3n) is 2.06. The van der Waals surface area contributed by atoms with Crippen molar-refractivity contribution >= 4 is 29.2 Å². The van der Waals surface area contributed by atoms with E-state index in [1.807, 2.05) is 11.8 Å². The van der Waals surface area contributed by atoms with E-state index in [2.05, 4.69) is 28.5 Å². The molecule has 0 unspecified atom stereocenters. The second kappa shape index (κ2) is 6.90. The van der Waals surface area contributed by atoms with E-state index in [0.29, 0.717) is 5.15 Å². The van der Waals surface area contributed by atoms with Crippen molar-refractivity contribution in [3.05, 3.63) is 17.0 Å². The van der Waals surface area contributed by atoms with Crippen LogP contribution < -0.4 is 5.32 Å². The summed E-state index contributed by atoms with van der Waals surface area (Å²) in [7, 11) is 0. The van der Waals surface area contributed by atoms with Crippen LogP contribution in [-0.2, 0) is 6.42 Å². The van der Waals surface area contributed by atoms with Crippen LogP contribution in [0.5, 0.6) is 0 Å². The number of nitrogens with zero attached hydrogens (tertiary/aromatic N) is 2. The van der Waals surface area contributed by atoms with Crippen LogP contribution in [0.15, 0.2) is 6.33 Å². The van der Waals surface area contributed by atoms with Gasteiger partial charge in [0.15, 0.2) is 0 Å². The van der Waals surface area contributed by atoms with E-state index in [9.17, 15) is 0 Å². The minimum absolute atomic E-state index is 0.555. The predicted molar refractivity (Wildman–Crippen MR) is 67.9 cm³/mol. The molecule has 0 atom stereocenters. The van der Waals surface area contributed by atoms with Crippen LogP contribution in [0.25, 0.3) is 0 Å². The van der Waals surface area contributed by atoms with Crippen molar-refractivity contribution in [2.75, 3.05) is 23.9 Å². The molecule has 15 heavy (non-hydrogen) atoms. The fourth-order valence-electron chi connectivity index (χ4n) is 1.28. The highest BCUT2D eigenvalue weighted by Crippen LogP contribution is 2.19. The minimum Gasteiger partial charge on any atom is -0.370 e. The maximum absolute atomic E-state index is 5.97. The van der Waals surface area contributed by atoms with Gasteiger partial charge in [-0.15, -0.1) is 0 Å². The molecular formula is C10H16ClN3S. The average molecular weight is 246 g/mol. The Morgan fingerprint density at radius 3 is 2.93 bits per heavy atom. The molecule has 0 saturated carbocycles. The summed E-state index contributed by atoms with van der Waals surface area (Å²) in [6, 6.07) is 0. The molecule has 0 aliphatic heterocycles. The van der Waals surface area contributed by atoms with E-state index in [-0.39, 0.29) is 0 Å². The van der Waals surface area contributed by atoms with E-state index in [0.717, 1.165) is 36.5 Å². The zero-order chi connectivity index (χ0) is 11.1. The van der Waals surface area contributed by atoms with Crippen molar-refractivity contribution in [3.63, 3.8) is 0 Å². The molecule has 0 radical (unpaired) electrons. The summed E-state index contributed by atoms with van der Waals surface area (Å²) in [5.74, 6) is 2.03. The lowest BCUT2D eigenvalue weighted by atomic mass is 10.2. The lowest BCUT2D eigenvalue weighted by molar-refractivity contribution is 0.957. The Balaban J connectivity index is 2.56. The minimum atomic E-state index is 0.555. The van der Waals surface area contributed by atoms with Gasteiger partial charge in [-0.1, -0.05) is 18.5 Å². The Bertz CT molecular complexity index is 307. The summed E-state index contributed by atoms with van der Waals surface area (Å²) >= 11 is 7.83. The fraction of sp³-hybridized carbons (Fsp3) is 0.600. The van der Waals surface area contributed by atoms with Crippen molar-refractivity contribution in [1.82, 2.24) is 9.97 Å². The number of anilines is 1. The van der Waals surface area contributed by atoms with E-state index in [1.54, 1.807) is 0 Å². The number of hydrogen-bond acceptors (Lipinski definition) is 4. The Kier molecular flexibility index (Phi) is 5.79. The van der Waals surface area contributed by atoms with Gasteiger partial charge < -0.3 is 5.32 Å². The Morgan fingerprint density at radius 1 is 1.47 bits per heavy atom. The van der Waals surface area contributed by atoms with E-state index >= 15 is 0 Å². The molecule has 1 aromatic rings. The van der Waals surface area contributed by atoms with Gasteiger partial charge in [-0.2, -0.15) is 11.8 Å². The molecule has 3 nitrogen and oxygen atoms in total. The highest BCUT2D eigenvalue weighted by molar-refractivity contribution is 7.98. The number of aromatic nitrogens is 2. The largest absolute Gasteiger partial charge is 0.370 e. The first kappa shape index (κ1) is 12.6. The van der Waals surface area contributed by atoms with Crippen molar-refractivity contribution in [2.24, 2.45) is 0 Å². The van der Waals surface area contributed by atoms with E-state index in [1.165, 1.54) is 6.33 Å². The van der Waals surface area contributed by atoms with Crippen molar-refractivity contribution in [2.45, 2.75) is 19.8 Å². The number of hydrogen-bond donors (Lipinski definition) is 1. The topological polar surface area (TPSA) is 37.8 Å². The first-order valence-electron chi connectivity index (χ1n) is 5.01. The Labute approximate surface area is 100 Å². The molecule has 0 aliphatic rings. The SMILES string of the molecule is CCc1c(Cl)ncnc1NCCCSC. The second-order valence-corrected chi connectivity index (χ2v) is 4.46. The molecule has 0 aromatic carbocycles. The number of nitrogens with one attached hydrogen (secondary N) is 1. The Hall–Kier alpha value is -0.480. The molecule has 0 amide bonds. The molecule has 1 N–H and O–H groups in total. The predicted octanol–water partition coefficient (Wildman–Crippen LogP) is 2.86. The lowest BCUT2D eigenvalue weighted by Crippen LogP contribution is -2.07. The van der Waals surface area contributed by atoms with E-state index in [4.69, 9.17) is 11.6 Å². The number of thioether (sulfide) groups is 1. The maximum Gasteiger partial charge on any atom is 0.137 e. The summed E-state index contributed by atoms with van der Waals surface area (Å²) in [5, 5.41) is 3.85. The number of halogens is 1. The van der Waals surface area contributed by atoms with Crippen LogP contribution in [0.1, 0.15) is 18.9 Å². The van der Waals surface area contributed by atoms with Crippen LogP contribution in [-0.4, -0.2) is 28.5 Å². The highest BCUT2D eigenvalue weighted by atomic mass is 35.5. The van der Waals surface area contributed by atoms with Crippen LogP contribution in [0.4, 0.5) is 5.82 Å². The molecule has 1 heterocycles. The van der Waals surface area contributed by atoms with Gasteiger partial charge in [-0.05, 0) is 24.9 Å². The van der Waals surface area contributed by atoms with Gasteiger partial charge in [0, 0.05) is 12.1 Å². The van der Waals surface area contributed by atoms with Gasteiger partial charge in [-0.25, -0.2) is 9.97 Å². The van der Waals surface area contributed by atoms with Gasteiger partial charge in [-0.3, -0.25) is 0 Å². The van der Waals surface area contributed by atoms with Gasteiger partial charge >= 0.3 is 0 Å². The third kappa shape index (κ3) is 3.87. The second-order valence-electron chi connectivity index (χ2n) is 3.12. The van der Waals surface area contributed by atoms with Crippen LogP contribution in [0.3, 0.4) is 0 Å². The monoisotopic (exact) mass is 245 g/mol. The van der Waals surface area contributed by atoms with Crippen LogP contribution in [0, 0.1) is 0 Å². The van der Waals surface area contributed by atoms with Gasteiger partial charge in [0.25, 0.3) is 0 Å². The summed E-state index contributed by atoms with van der Waals surface area (Å²) < 4.78 is 0. The zero-order valence-corrected chi connectivity index (χ0v) is 10.7. The molecular weight excluding hydrogens is 230 g/mol. The fourth-order valence-corrected chi connectivity index (χ4v) is 1.98. The maximum atomic E-state index is 5.97. The van der Waals surface area contributed by atoms with Crippen LogP contribution in [0.2, 0.25) is 5.15 Å². The molecule has 0 aliphatic carbocycles. The summed E-state index contributed by atoms with van der Waals surface area (Å²) in [6.45, 7) is 2.98. The van der Waals surface area contributed by atoms with Gasteiger partial charge in [0.2, 0.25) is 0 Å². The van der Waals surface area contributed by atoms with E-state index < -0.39 is 0 Å². The molecule has 1 aromatic heterocycles. The van der Waals surface area contributed by atoms with Crippen molar-refractivity contribution < 1.29 is 0 Å². The third-order valence-corrected chi connectivity index (χ3v) is 3.09. The quantitative estimate of drug-likeness (QED) is 0.618. The first-order valence-corrected chi connectivity index (χ1v) is 6.79. The highest BCUT2D eigenvalue weighted by Gasteiger charge is 2.06. The zero-order valence-electron chi connectivity index (χ0n) is 9.09. The first-order chi connectivity index (χ1) is 7.29. The van der Waals surface area contributed by atoms with Gasteiger partial charge in [0.05, 0.1) is 0 Å². The molecule has 0 bridgehead atoms. The van der Waals surface area contributed by atoms with Gasteiger partial charge in [0.1, 0.15) is 17.3 Å². The molecule has 0 spiro atoms. The standard InChI is InChI=1S/C10H16ClN3S/c1-3-8-9(11)13-7-14-10(8)12-5-4-6-15-2/h7H,3-6H2,1-2H3,(H,12,13,14). The van der Waals surface area contributed by atoms with Crippen molar-refractivity contribution in [1.29, 1.82) is 0 Å². The normalized spacial score (nSPS) is 10.3. The molecule has 0 saturated heterocycles.